The van der Waals surface area contributed by atoms with Gasteiger partial charge in [0.05, 0.1) is 0 Å². The van der Waals surface area contributed by atoms with Crippen LogP contribution in [0.15, 0.2) is 12.1 Å². The third-order valence-electron chi connectivity index (χ3n) is 3.03. The standard InChI is InChI=1S/C13H19N/c1-8(2)11-6-9(3)7-12(13(11)14)10-4-5-10/h6-8,10H,4-5,14H2,1-3H3. The molecule has 14 heavy (non-hydrogen) atoms. The largest absolute Gasteiger partial charge is 0.398 e. The maximum absolute atomic E-state index is 6.19. The van der Waals surface area contributed by atoms with E-state index < -0.39 is 0 Å². The van der Waals surface area contributed by atoms with Crippen LogP contribution in [0.3, 0.4) is 0 Å². The lowest BCUT2D eigenvalue weighted by atomic mass is 9.94. The quantitative estimate of drug-likeness (QED) is 0.707. The van der Waals surface area contributed by atoms with Crippen molar-refractivity contribution in [1.29, 1.82) is 0 Å². The molecule has 1 aliphatic rings. The number of nitrogen functional groups attached to an aromatic ring is 1. The fourth-order valence-electron chi connectivity index (χ4n) is 2.06. The molecule has 0 aliphatic heterocycles. The Bertz CT molecular complexity index is 325. The summed E-state index contributed by atoms with van der Waals surface area (Å²) in [5.74, 6) is 1.29. The average Bonchev–Trinajstić information content (AvgIpc) is 2.91. The first kappa shape index (κ1) is 9.57. The van der Waals surface area contributed by atoms with Gasteiger partial charge in [0.1, 0.15) is 0 Å². The van der Waals surface area contributed by atoms with Crippen LogP contribution in [-0.4, -0.2) is 0 Å². The number of hydrogen-bond acceptors (Lipinski definition) is 1. The molecule has 1 fully saturated rings. The monoisotopic (exact) mass is 189 g/mol. The Balaban J connectivity index is 2.49. The predicted octanol–water partition coefficient (Wildman–Crippen LogP) is 3.58. The molecule has 1 heteroatoms. The van der Waals surface area contributed by atoms with Gasteiger partial charge in [-0.1, -0.05) is 31.5 Å². The molecule has 1 saturated carbocycles. The third kappa shape index (κ3) is 1.63. The van der Waals surface area contributed by atoms with Crippen molar-refractivity contribution < 1.29 is 0 Å². The molecule has 2 N–H and O–H groups in total. The Morgan fingerprint density at radius 2 is 1.93 bits per heavy atom. The van der Waals surface area contributed by atoms with Crippen LogP contribution in [0.5, 0.6) is 0 Å². The molecule has 1 nitrogen and oxygen atoms in total. The maximum atomic E-state index is 6.19. The number of benzene rings is 1. The fraction of sp³-hybridized carbons (Fsp3) is 0.538. The average molecular weight is 189 g/mol. The molecular formula is C13H19N. The van der Waals surface area contributed by atoms with E-state index in [-0.39, 0.29) is 0 Å². The Morgan fingerprint density at radius 1 is 1.29 bits per heavy atom. The molecule has 0 aromatic heterocycles. The van der Waals surface area contributed by atoms with Crippen molar-refractivity contribution in [3.63, 3.8) is 0 Å². The summed E-state index contributed by atoms with van der Waals surface area (Å²) in [7, 11) is 0. The summed E-state index contributed by atoms with van der Waals surface area (Å²) in [6, 6.07) is 4.49. The van der Waals surface area contributed by atoms with Gasteiger partial charge in [0.2, 0.25) is 0 Å². The lowest BCUT2D eigenvalue weighted by Crippen LogP contribution is -2.01. The zero-order valence-electron chi connectivity index (χ0n) is 9.30. The van der Waals surface area contributed by atoms with Gasteiger partial charge < -0.3 is 5.73 Å². The molecule has 2 rings (SSSR count). The molecular weight excluding hydrogens is 170 g/mol. The molecule has 1 aromatic rings. The summed E-state index contributed by atoms with van der Waals surface area (Å²) in [6.07, 6.45) is 2.65. The van der Waals surface area contributed by atoms with Crippen LogP contribution in [-0.2, 0) is 0 Å². The van der Waals surface area contributed by atoms with Gasteiger partial charge in [-0.05, 0) is 42.7 Å². The van der Waals surface area contributed by atoms with E-state index in [1.54, 1.807) is 0 Å². The van der Waals surface area contributed by atoms with E-state index in [4.69, 9.17) is 5.73 Å². The molecule has 0 heterocycles. The number of rotatable bonds is 2. The summed E-state index contributed by atoms with van der Waals surface area (Å²) < 4.78 is 0. The van der Waals surface area contributed by atoms with E-state index in [1.807, 2.05) is 0 Å². The molecule has 0 amide bonds. The van der Waals surface area contributed by atoms with Crippen LogP contribution in [0, 0.1) is 6.92 Å². The zero-order chi connectivity index (χ0) is 10.3. The molecule has 0 unspecified atom stereocenters. The van der Waals surface area contributed by atoms with E-state index in [0.717, 1.165) is 11.6 Å². The highest BCUT2D eigenvalue weighted by molar-refractivity contribution is 5.59. The van der Waals surface area contributed by atoms with Gasteiger partial charge >= 0.3 is 0 Å². The van der Waals surface area contributed by atoms with Gasteiger partial charge in [-0.15, -0.1) is 0 Å². The van der Waals surface area contributed by atoms with Crippen LogP contribution in [0.2, 0.25) is 0 Å². The van der Waals surface area contributed by atoms with E-state index in [9.17, 15) is 0 Å². The topological polar surface area (TPSA) is 26.0 Å². The highest BCUT2D eigenvalue weighted by Crippen LogP contribution is 2.44. The maximum Gasteiger partial charge on any atom is 0.0384 e. The van der Waals surface area contributed by atoms with Crippen molar-refractivity contribution in [1.82, 2.24) is 0 Å². The van der Waals surface area contributed by atoms with Crippen LogP contribution < -0.4 is 5.73 Å². The Labute approximate surface area is 86.3 Å². The Kier molecular flexibility index (Phi) is 2.26. The molecule has 0 radical (unpaired) electrons. The van der Waals surface area contributed by atoms with Crippen molar-refractivity contribution >= 4 is 5.69 Å². The minimum Gasteiger partial charge on any atom is -0.398 e. The lowest BCUT2D eigenvalue weighted by molar-refractivity contribution is 0.864. The normalized spacial score (nSPS) is 16.3. The molecule has 1 aliphatic carbocycles. The first-order valence-electron chi connectivity index (χ1n) is 5.49. The van der Waals surface area contributed by atoms with Gasteiger partial charge in [0.15, 0.2) is 0 Å². The van der Waals surface area contributed by atoms with Gasteiger partial charge in [-0.3, -0.25) is 0 Å². The Morgan fingerprint density at radius 3 is 2.43 bits per heavy atom. The minimum atomic E-state index is 0.535. The van der Waals surface area contributed by atoms with Crippen molar-refractivity contribution in [3.8, 4) is 0 Å². The molecule has 0 bridgehead atoms. The van der Waals surface area contributed by atoms with Crippen molar-refractivity contribution in [2.45, 2.75) is 45.4 Å². The highest BCUT2D eigenvalue weighted by Gasteiger charge is 2.26. The van der Waals surface area contributed by atoms with E-state index in [2.05, 4.69) is 32.9 Å². The summed E-state index contributed by atoms with van der Waals surface area (Å²) in [6.45, 7) is 6.58. The first-order valence-corrected chi connectivity index (χ1v) is 5.49. The molecule has 0 spiro atoms. The van der Waals surface area contributed by atoms with Crippen LogP contribution in [0.25, 0.3) is 0 Å². The lowest BCUT2D eigenvalue weighted by Gasteiger charge is -2.14. The molecule has 76 valence electrons. The number of anilines is 1. The van der Waals surface area contributed by atoms with Crippen molar-refractivity contribution in [2.75, 3.05) is 5.73 Å². The second-order valence-electron chi connectivity index (χ2n) is 4.79. The third-order valence-corrected chi connectivity index (χ3v) is 3.03. The van der Waals surface area contributed by atoms with E-state index in [1.165, 1.54) is 29.5 Å². The second kappa shape index (κ2) is 3.30. The van der Waals surface area contributed by atoms with Gasteiger partial charge in [0.25, 0.3) is 0 Å². The minimum absolute atomic E-state index is 0.535. The smallest absolute Gasteiger partial charge is 0.0384 e. The number of nitrogens with two attached hydrogens (primary N) is 1. The number of hydrogen-bond donors (Lipinski definition) is 1. The van der Waals surface area contributed by atoms with Crippen LogP contribution in [0.1, 0.15) is 55.2 Å². The highest BCUT2D eigenvalue weighted by atomic mass is 14.6. The molecule has 0 atom stereocenters. The van der Waals surface area contributed by atoms with Gasteiger partial charge in [-0.2, -0.15) is 0 Å². The van der Waals surface area contributed by atoms with Crippen molar-refractivity contribution in [3.05, 3.63) is 28.8 Å². The fourth-order valence-corrected chi connectivity index (χ4v) is 2.06. The van der Waals surface area contributed by atoms with Crippen molar-refractivity contribution in [2.24, 2.45) is 0 Å². The second-order valence-corrected chi connectivity index (χ2v) is 4.79. The van der Waals surface area contributed by atoms with E-state index in [0.29, 0.717) is 5.92 Å². The van der Waals surface area contributed by atoms with Gasteiger partial charge in [0, 0.05) is 5.69 Å². The molecule has 0 saturated heterocycles. The van der Waals surface area contributed by atoms with E-state index >= 15 is 0 Å². The van der Waals surface area contributed by atoms with Crippen LogP contribution in [0.4, 0.5) is 5.69 Å². The summed E-state index contributed by atoms with van der Waals surface area (Å²) >= 11 is 0. The summed E-state index contributed by atoms with van der Waals surface area (Å²) in [5, 5.41) is 0. The summed E-state index contributed by atoms with van der Waals surface area (Å²) in [4.78, 5) is 0. The van der Waals surface area contributed by atoms with Gasteiger partial charge in [-0.25, -0.2) is 0 Å². The predicted molar refractivity (Wildman–Crippen MR) is 61.7 cm³/mol. The van der Waals surface area contributed by atoms with Crippen LogP contribution >= 0.6 is 0 Å². The number of aryl methyl sites for hydroxylation is 1. The first-order chi connectivity index (χ1) is 6.59. The Hall–Kier alpha value is -0.980. The summed E-state index contributed by atoms with van der Waals surface area (Å²) in [5.41, 5.74) is 11.3. The molecule has 1 aromatic carbocycles. The SMILES string of the molecule is Cc1cc(C(C)C)c(N)c(C2CC2)c1. The zero-order valence-corrected chi connectivity index (χ0v) is 9.30.